The Bertz CT molecular complexity index is 372. The van der Waals surface area contributed by atoms with E-state index in [1.54, 1.807) is 11.3 Å². The van der Waals surface area contributed by atoms with E-state index in [0.29, 0.717) is 5.92 Å². The Morgan fingerprint density at radius 2 is 2.18 bits per heavy atom. The lowest BCUT2D eigenvalue weighted by atomic mass is 10.1. The van der Waals surface area contributed by atoms with E-state index in [1.807, 2.05) is 0 Å². The van der Waals surface area contributed by atoms with E-state index in [4.69, 9.17) is 4.74 Å². The highest BCUT2D eigenvalue weighted by atomic mass is 32.1. The van der Waals surface area contributed by atoms with Crippen LogP contribution in [0.15, 0.2) is 0 Å². The van der Waals surface area contributed by atoms with Crippen molar-refractivity contribution in [3.05, 3.63) is 10.0 Å². The van der Waals surface area contributed by atoms with E-state index < -0.39 is 0 Å². The number of aromatic nitrogens is 2. The van der Waals surface area contributed by atoms with Crippen LogP contribution in [-0.2, 0) is 11.3 Å². The van der Waals surface area contributed by atoms with Crippen LogP contribution in [0.5, 0.6) is 0 Å². The molecule has 2 unspecified atom stereocenters. The minimum atomic E-state index is 0.114. The second-order valence-corrected chi connectivity index (χ2v) is 6.79. The van der Waals surface area contributed by atoms with Crippen molar-refractivity contribution in [3.63, 3.8) is 0 Å². The summed E-state index contributed by atoms with van der Waals surface area (Å²) in [5.74, 6) is 0.561. The molecule has 1 N–H and O–H groups in total. The topological polar surface area (TPSA) is 47.0 Å². The maximum atomic E-state index is 5.70. The number of nitrogens with zero attached hydrogens (tertiary/aromatic N) is 2. The molecule has 1 aliphatic rings. The number of hydrogen-bond acceptors (Lipinski definition) is 5. The van der Waals surface area contributed by atoms with Gasteiger partial charge in [-0.15, -0.1) is 10.2 Å². The molecule has 1 saturated heterocycles. The number of nitrogens with one attached hydrogen (secondary N) is 1. The first-order chi connectivity index (χ1) is 7.96. The molecule has 1 fully saturated rings. The SMILES string of the molecule is CC1CCOC1c1nnc(CNC(C)(C)C)s1. The molecule has 0 radical (unpaired) electrons. The summed E-state index contributed by atoms with van der Waals surface area (Å²) in [7, 11) is 0. The summed E-state index contributed by atoms with van der Waals surface area (Å²) in [5.41, 5.74) is 0.114. The van der Waals surface area contributed by atoms with E-state index in [2.05, 4.69) is 43.2 Å². The lowest BCUT2D eigenvalue weighted by Gasteiger charge is -2.19. The highest BCUT2D eigenvalue weighted by molar-refractivity contribution is 7.11. The molecule has 1 aliphatic heterocycles. The molecule has 4 nitrogen and oxygen atoms in total. The standard InChI is InChI=1S/C12H21N3OS/c1-8-5-6-16-10(8)11-15-14-9(17-11)7-13-12(2,3)4/h8,10,13H,5-7H2,1-4H3. The van der Waals surface area contributed by atoms with Gasteiger partial charge in [0.1, 0.15) is 16.1 Å². The average Bonchev–Trinajstić information content (AvgIpc) is 2.81. The molecule has 17 heavy (non-hydrogen) atoms. The predicted octanol–water partition coefficient (Wildman–Crippen LogP) is 2.52. The molecule has 2 rings (SSSR count). The van der Waals surface area contributed by atoms with Crippen LogP contribution in [0.2, 0.25) is 0 Å². The summed E-state index contributed by atoms with van der Waals surface area (Å²) in [6.07, 6.45) is 1.29. The quantitative estimate of drug-likeness (QED) is 0.901. The molecule has 5 heteroatoms. The smallest absolute Gasteiger partial charge is 0.146 e. The van der Waals surface area contributed by atoms with E-state index in [1.165, 1.54) is 0 Å². The molecule has 0 spiro atoms. The van der Waals surface area contributed by atoms with Crippen molar-refractivity contribution in [2.24, 2.45) is 5.92 Å². The van der Waals surface area contributed by atoms with Crippen LogP contribution in [0.1, 0.15) is 50.2 Å². The van der Waals surface area contributed by atoms with Crippen LogP contribution >= 0.6 is 11.3 Å². The number of hydrogen-bond donors (Lipinski definition) is 1. The minimum absolute atomic E-state index is 0.114. The van der Waals surface area contributed by atoms with Gasteiger partial charge in [0.15, 0.2) is 0 Å². The van der Waals surface area contributed by atoms with Gasteiger partial charge >= 0.3 is 0 Å². The van der Waals surface area contributed by atoms with Gasteiger partial charge < -0.3 is 10.1 Å². The van der Waals surface area contributed by atoms with Gasteiger partial charge in [-0.3, -0.25) is 0 Å². The first-order valence-corrected chi connectivity index (χ1v) is 6.96. The minimum Gasteiger partial charge on any atom is -0.371 e. The summed E-state index contributed by atoms with van der Waals surface area (Å²) < 4.78 is 5.70. The van der Waals surface area contributed by atoms with Crippen molar-refractivity contribution in [3.8, 4) is 0 Å². The van der Waals surface area contributed by atoms with Crippen molar-refractivity contribution in [2.75, 3.05) is 6.61 Å². The molecule has 0 saturated carbocycles. The van der Waals surface area contributed by atoms with Gasteiger partial charge in [0, 0.05) is 12.1 Å². The first-order valence-electron chi connectivity index (χ1n) is 6.14. The van der Waals surface area contributed by atoms with Gasteiger partial charge in [0.2, 0.25) is 0 Å². The van der Waals surface area contributed by atoms with E-state index in [-0.39, 0.29) is 11.6 Å². The highest BCUT2D eigenvalue weighted by Crippen LogP contribution is 2.35. The maximum absolute atomic E-state index is 5.70. The van der Waals surface area contributed by atoms with Crippen molar-refractivity contribution < 1.29 is 4.74 Å². The molecule has 2 heterocycles. The Labute approximate surface area is 107 Å². The molecule has 0 aromatic carbocycles. The van der Waals surface area contributed by atoms with Crippen molar-refractivity contribution in [1.82, 2.24) is 15.5 Å². The van der Waals surface area contributed by atoms with Crippen molar-refractivity contribution in [2.45, 2.75) is 52.3 Å². The summed E-state index contributed by atoms with van der Waals surface area (Å²) in [6, 6.07) is 0. The molecule has 2 atom stereocenters. The van der Waals surface area contributed by atoms with Gasteiger partial charge in [0.05, 0.1) is 6.54 Å². The molecule has 0 aliphatic carbocycles. The summed E-state index contributed by atoms with van der Waals surface area (Å²) in [5, 5.41) is 14.0. The van der Waals surface area contributed by atoms with Crippen LogP contribution < -0.4 is 5.32 Å². The number of rotatable bonds is 3. The number of ether oxygens (including phenoxy) is 1. The third kappa shape index (κ3) is 3.47. The molecule has 0 bridgehead atoms. The Morgan fingerprint density at radius 3 is 2.76 bits per heavy atom. The zero-order chi connectivity index (χ0) is 12.5. The van der Waals surface area contributed by atoms with Crippen LogP contribution in [0.4, 0.5) is 0 Å². The molecule has 0 amide bonds. The maximum Gasteiger partial charge on any atom is 0.146 e. The van der Waals surface area contributed by atoms with Gasteiger partial charge in [0.25, 0.3) is 0 Å². The lowest BCUT2D eigenvalue weighted by Crippen LogP contribution is -2.35. The summed E-state index contributed by atoms with van der Waals surface area (Å²) in [6.45, 7) is 10.3. The fourth-order valence-electron chi connectivity index (χ4n) is 1.81. The van der Waals surface area contributed by atoms with E-state index >= 15 is 0 Å². The zero-order valence-corrected chi connectivity index (χ0v) is 11.8. The van der Waals surface area contributed by atoms with Gasteiger partial charge in [-0.2, -0.15) is 0 Å². The van der Waals surface area contributed by atoms with E-state index in [9.17, 15) is 0 Å². The third-order valence-corrected chi connectivity index (χ3v) is 3.87. The van der Waals surface area contributed by atoms with Crippen LogP contribution in [0.25, 0.3) is 0 Å². The van der Waals surface area contributed by atoms with Crippen molar-refractivity contribution >= 4 is 11.3 Å². The fraction of sp³-hybridized carbons (Fsp3) is 0.833. The fourth-order valence-corrected chi connectivity index (χ4v) is 2.77. The first kappa shape index (κ1) is 12.9. The largest absolute Gasteiger partial charge is 0.371 e. The second kappa shape index (κ2) is 5.00. The summed E-state index contributed by atoms with van der Waals surface area (Å²) >= 11 is 1.66. The van der Waals surface area contributed by atoms with Gasteiger partial charge in [-0.25, -0.2) is 0 Å². The average molecular weight is 255 g/mol. The third-order valence-electron chi connectivity index (χ3n) is 2.88. The Morgan fingerprint density at radius 1 is 1.41 bits per heavy atom. The molecule has 96 valence electrons. The highest BCUT2D eigenvalue weighted by Gasteiger charge is 2.29. The van der Waals surface area contributed by atoms with Gasteiger partial charge in [-0.05, 0) is 33.1 Å². The Hall–Kier alpha value is -0.520. The Kier molecular flexibility index (Phi) is 3.80. The van der Waals surface area contributed by atoms with Crippen molar-refractivity contribution in [1.29, 1.82) is 0 Å². The second-order valence-electron chi connectivity index (χ2n) is 5.69. The lowest BCUT2D eigenvalue weighted by molar-refractivity contribution is 0.0937. The Balaban J connectivity index is 1.96. The molecule has 1 aromatic heterocycles. The van der Waals surface area contributed by atoms with Crippen LogP contribution in [0.3, 0.4) is 0 Å². The molecular weight excluding hydrogens is 234 g/mol. The summed E-state index contributed by atoms with van der Waals surface area (Å²) in [4.78, 5) is 0. The molecular formula is C12H21N3OS. The monoisotopic (exact) mass is 255 g/mol. The molecule has 1 aromatic rings. The van der Waals surface area contributed by atoms with Crippen LogP contribution in [-0.4, -0.2) is 22.3 Å². The van der Waals surface area contributed by atoms with E-state index in [0.717, 1.165) is 29.6 Å². The van der Waals surface area contributed by atoms with Gasteiger partial charge in [-0.1, -0.05) is 18.3 Å². The zero-order valence-electron chi connectivity index (χ0n) is 11.0. The predicted molar refractivity (Wildman–Crippen MR) is 69.0 cm³/mol. The van der Waals surface area contributed by atoms with Crippen LogP contribution in [0, 0.1) is 5.92 Å². The normalized spacial score (nSPS) is 25.4.